The highest BCUT2D eigenvalue weighted by molar-refractivity contribution is 7.80. The van der Waals surface area contributed by atoms with Gasteiger partial charge in [-0.25, -0.2) is 0 Å². The van der Waals surface area contributed by atoms with E-state index in [9.17, 15) is 22.8 Å². The van der Waals surface area contributed by atoms with Crippen LogP contribution in [0.2, 0.25) is 5.02 Å². The van der Waals surface area contributed by atoms with Gasteiger partial charge in [0.05, 0.1) is 5.02 Å². The molecule has 1 heterocycles. The van der Waals surface area contributed by atoms with Crippen molar-refractivity contribution in [3.05, 3.63) is 47.0 Å². The molecular formula is C15H10ClF3N2O3S. The summed E-state index contributed by atoms with van der Waals surface area (Å²) in [5.74, 6) is -1.97. The Morgan fingerprint density at radius 1 is 1.36 bits per heavy atom. The van der Waals surface area contributed by atoms with E-state index in [1.165, 1.54) is 18.2 Å². The van der Waals surface area contributed by atoms with Crippen molar-refractivity contribution < 1.29 is 27.5 Å². The number of benzene rings is 1. The summed E-state index contributed by atoms with van der Waals surface area (Å²) >= 11 is 10.6. The van der Waals surface area contributed by atoms with E-state index in [1.807, 2.05) is 0 Å². The molecule has 0 aromatic heterocycles. The lowest BCUT2D eigenvalue weighted by atomic mass is 10.1. The molecule has 0 unspecified atom stereocenters. The van der Waals surface area contributed by atoms with Crippen LogP contribution in [0.3, 0.4) is 0 Å². The molecule has 1 fully saturated rings. The maximum absolute atomic E-state index is 12.3. The Balaban J connectivity index is 2.33. The second-order valence-electron chi connectivity index (χ2n) is 4.76. The van der Waals surface area contributed by atoms with E-state index < -0.39 is 23.9 Å². The second-order valence-corrected chi connectivity index (χ2v) is 5.55. The van der Waals surface area contributed by atoms with Gasteiger partial charge in [0.1, 0.15) is 11.3 Å². The molecule has 0 atom stereocenters. The van der Waals surface area contributed by atoms with Gasteiger partial charge in [-0.15, -0.1) is 19.8 Å². The standard InChI is InChI=1S/C15H10ClF3N2O3S/c1-2-5-21-13(23)9(12(22)20-14(21)25)6-8-3-4-11(10(16)7-8)24-15(17,18)19/h2-4,6-7H,1,5H2,(H,20,22,25). The number of nitrogens with one attached hydrogen (secondary N) is 1. The third-order valence-corrected chi connectivity index (χ3v) is 3.61. The molecule has 1 saturated heterocycles. The van der Waals surface area contributed by atoms with Gasteiger partial charge in [0.15, 0.2) is 5.11 Å². The van der Waals surface area contributed by atoms with E-state index in [4.69, 9.17) is 23.8 Å². The van der Waals surface area contributed by atoms with Crippen LogP contribution in [0.4, 0.5) is 13.2 Å². The fraction of sp³-hybridized carbons (Fsp3) is 0.133. The summed E-state index contributed by atoms with van der Waals surface area (Å²) in [6, 6.07) is 3.35. The third kappa shape index (κ3) is 4.58. The van der Waals surface area contributed by atoms with Crippen molar-refractivity contribution in [1.82, 2.24) is 10.2 Å². The smallest absolute Gasteiger partial charge is 0.404 e. The number of ether oxygens (including phenoxy) is 1. The van der Waals surface area contributed by atoms with Gasteiger partial charge >= 0.3 is 6.36 Å². The average Bonchev–Trinajstić information content (AvgIpc) is 2.49. The Morgan fingerprint density at radius 2 is 2.04 bits per heavy atom. The lowest BCUT2D eigenvalue weighted by Gasteiger charge is -2.27. The van der Waals surface area contributed by atoms with Gasteiger partial charge in [0.2, 0.25) is 0 Å². The molecule has 1 N–H and O–H groups in total. The van der Waals surface area contributed by atoms with Gasteiger partial charge in [0.25, 0.3) is 11.8 Å². The number of thiocarbonyl (C=S) groups is 1. The molecule has 0 aliphatic carbocycles. The zero-order chi connectivity index (χ0) is 18.8. The molecule has 1 aliphatic rings. The van der Waals surface area contributed by atoms with Crippen LogP contribution in [-0.4, -0.2) is 34.7 Å². The maximum atomic E-state index is 12.3. The number of hydrogen-bond acceptors (Lipinski definition) is 4. The number of carbonyl (C=O) groups excluding carboxylic acids is 2. The van der Waals surface area contributed by atoms with E-state index in [0.717, 1.165) is 17.0 Å². The molecule has 0 bridgehead atoms. The van der Waals surface area contributed by atoms with E-state index >= 15 is 0 Å². The van der Waals surface area contributed by atoms with E-state index in [1.54, 1.807) is 0 Å². The lowest BCUT2D eigenvalue weighted by Crippen LogP contribution is -2.53. The van der Waals surface area contributed by atoms with Crippen molar-refractivity contribution in [2.75, 3.05) is 6.54 Å². The molecule has 25 heavy (non-hydrogen) atoms. The van der Waals surface area contributed by atoms with Gasteiger partial charge in [0, 0.05) is 6.54 Å². The third-order valence-electron chi connectivity index (χ3n) is 2.99. The van der Waals surface area contributed by atoms with Crippen LogP contribution in [0.15, 0.2) is 36.4 Å². The predicted molar refractivity (Wildman–Crippen MR) is 88.8 cm³/mol. The molecule has 0 saturated carbocycles. The molecule has 0 radical (unpaired) electrons. The summed E-state index contributed by atoms with van der Waals surface area (Å²) < 4.78 is 40.4. The first kappa shape index (κ1) is 18.9. The number of rotatable bonds is 4. The zero-order valence-electron chi connectivity index (χ0n) is 12.4. The predicted octanol–water partition coefficient (Wildman–Crippen LogP) is 3.05. The van der Waals surface area contributed by atoms with Crippen LogP contribution in [0.1, 0.15) is 5.56 Å². The van der Waals surface area contributed by atoms with E-state index in [2.05, 4.69) is 16.6 Å². The van der Waals surface area contributed by atoms with Crippen molar-refractivity contribution in [3.8, 4) is 5.75 Å². The topological polar surface area (TPSA) is 58.6 Å². The zero-order valence-corrected chi connectivity index (χ0v) is 14.0. The molecule has 2 rings (SSSR count). The molecule has 1 aromatic rings. The fourth-order valence-electron chi connectivity index (χ4n) is 1.97. The van der Waals surface area contributed by atoms with Gasteiger partial charge in [-0.3, -0.25) is 19.8 Å². The van der Waals surface area contributed by atoms with Crippen molar-refractivity contribution in [2.24, 2.45) is 0 Å². The minimum absolute atomic E-state index is 0.0565. The summed E-state index contributed by atoms with van der Waals surface area (Å²) in [6.45, 7) is 3.58. The van der Waals surface area contributed by atoms with E-state index in [-0.39, 0.29) is 27.8 Å². The highest BCUT2D eigenvalue weighted by Gasteiger charge is 2.33. The lowest BCUT2D eigenvalue weighted by molar-refractivity contribution is -0.274. The molecule has 1 aliphatic heterocycles. The molecule has 1 aromatic carbocycles. The maximum Gasteiger partial charge on any atom is 0.573 e. The number of amides is 2. The highest BCUT2D eigenvalue weighted by Crippen LogP contribution is 2.31. The molecular weight excluding hydrogens is 381 g/mol. The quantitative estimate of drug-likeness (QED) is 0.371. The van der Waals surface area contributed by atoms with Crippen LogP contribution >= 0.6 is 23.8 Å². The molecule has 132 valence electrons. The van der Waals surface area contributed by atoms with E-state index in [0.29, 0.717) is 0 Å². The van der Waals surface area contributed by atoms with Crippen molar-refractivity contribution in [3.63, 3.8) is 0 Å². The highest BCUT2D eigenvalue weighted by atomic mass is 35.5. The Labute approximate surface area is 150 Å². The van der Waals surface area contributed by atoms with Gasteiger partial charge < -0.3 is 4.74 Å². The minimum atomic E-state index is -4.89. The van der Waals surface area contributed by atoms with Crippen molar-refractivity contribution in [2.45, 2.75) is 6.36 Å². The minimum Gasteiger partial charge on any atom is -0.404 e. The molecule has 0 spiro atoms. The first-order valence-electron chi connectivity index (χ1n) is 6.67. The second kappa shape index (κ2) is 7.24. The van der Waals surface area contributed by atoms with Crippen molar-refractivity contribution in [1.29, 1.82) is 0 Å². The summed E-state index contributed by atoms with van der Waals surface area (Å²) in [5.41, 5.74) is 0.000373. The molecule has 10 heteroatoms. The number of nitrogens with zero attached hydrogens (tertiary/aromatic N) is 1. The van der Waals surface area contributed by atoms with Gasteiger partial charge in [-0.05, 0) is 36.0 Å². The SMILES string of the molecule is C=CCN1C(=O)C(=Cc2ccc(OC(F)(F)F)c(Cl)c2)C(=O)NC1=S. The Hall–Kier alpha value is -2.39. The monoisotopic (exact) mass is 390 g/mol. The van der Waals surface area contributed by atoms with Crippen LogP contribution in [-0.2, 0) is 9.59 Å². The largest absolute Gasteiger partial charge is 0.573 e. The average molecular weight is 391 g/mol. The number of alkyl halides is 3. The number of carbonyl (C=O) groups is 2. The number of halogens is 4. The Bertz CT molecular complexity index is 793. The van der Waals surface area contributed by atoms with Crippen LogP contribution < -0.4 is 10.1 Å². The first-order chi connectivity index (χ1) is 11.6. The Morgan fingerprint density at radius 3 is 2.60 bits per heavy atom. The first-order valence-corrected chi connectivity index (χ1v) is 7.46. The van der Waals surface area contributed by atoms with Gasteiger partial charge in [-0.2, -0.15) is 0 Å². The van der Waals surface area contributed by atoms with Gasteiger partial charge in [-0.1, -0.05) is 23.7 Å². The summed E-state index contributed by atoms with van der Waals surface area (Å²) in [6.07, 6.45) is -2.26. The number of hydrogen-bond donors (Lipinski definition) is 1. The van der Waals surface area contributed by atoms with Crippen LogP contribution in [0.25, 0.3) is 6.08 Å². The fourth-order valence-corrected chi connectivity index (χ4v) is 2.45. The summed E-state index contributed by atoms with van der Waals surface area (Å²) in [7, 11) is 0. The molecule has 2 amide bonds. The van der Waals surface area contributed by atoms with Crippen molar-refractivity contribution >= 4 is 46.8 Å². The van der Waals surface area contributed by atoms with Crippen LogP contribution in [0.5, 0.6) is 5.75 Å². The summed E-state index contributed by atoms with van der Waals surface area (Å²) in [5, 5.41) is 1.97. The molecule has 5 nitrogen and oxygen atoms in total. The van der Waals surface area contributed by atoms with Crippen LogP contribution in [0, 0.1) is 0 Å². The normalized spacial score (nSPS) is 16.9. The summed E-state index contributed by atoms with van der Waals surface area (Å²) in [4.78, 5) is 25.4. The Kier molecular flexibility index (Phi) is 5.48.